The first kappa shape index (κ1) is 19.8. The number of hydrogen-bond acceptors (Lipinski definition) is 6. The molecule has 2 aromatic rings. The van der Waals surface area contributed by atoms with E-state index in [1.807, 2.05) is 19.1 Å². The third-order valence-corrected chi connectivity index (χ3v) is 3.89. The van der Waals surface area contributed by atoms with E-state index in [9.17, 15) is 10.1 Å². The molecule has 2 rings (SSSR count). The predicted octanol–water partition coefficient (Wildman–Crippen LogP) is 3.86. The van der Waals surface area contributed by atoms with Crippen LogP contribution in [0, 0.1) is 10.1 Å². The lowest BCUT2D eigenvalue weighted by Gasteiger charge is -2.13. The summed E-state index contributed by atoms with van der Waals surface area (Å²) in [4.78, 5) is 10.2. The molecule has 0 radical (unpaired) electrons. The molecule has 7 nitrogen and oxygen atoms in total. The third kappa shape index (κ3) is 5.50. The minimum absolute atomic E-state index is 0.0789. The Balaban J connectivity index is 1.81. The highest BCUT2D eigenvalue weighted by Crippen LogP contribution is 2.36. The summed E-state index contributed by atoms with van der Waals surface area (Å²) in [6, 6.07) is 10.1. The lowest BCUT2D eigenvalue weighted by atomic mass is 10.2. The number of ether oxygens (including phenoxy) is 2. The van der Waals surface area contributed by atoms with E-state index in [1.165, 1.54) is 12.1 Å². The van der Waals surface area contributed by atoms with Crippen LogP contribution in [0.15, 0.2) is 36.4 Å². The van der Waals surface area contributed by atoms with Crippen LogP contribution in [0.5, 0.6) is 11.5 Å². The van der Waals surface area contributed by atoms with E-state index in [2.05, 4.69) is 10.6 Å². The standard InChI is InChI=1S/C18H22ClN3O4/c1-3-26-17-11-13(10-16(19)18(17)25-2)12-20-8-9-21-14-4-6-15(7-5-14)22(23)24/h4-7,10-11,20-21H,3,8-9,12H2,1-2H3. The maximum absolute atomic E-state index is 10.6. The van der Waals surface area contributed by atoms with Crippen molar-refractivity contribution in [2.24, 2.45) is 0 Å². The molecule has 2 aromatic carbocycles. The molecule has 2 N–H and O–H groups in total. The summed E-state index contributed by atoms with van der Waals surface area (Å²) in [5.41, 5.74) is 1.91. The Morgan fingerprint density at radius 1 is 1.19 bits per heavy atom. The molecule has 0 bridgehead atoms. The van der Waals surface area contributed by atoms with Gasteiger partial charge in [-0.3, -0.25) is 10.1 Å². The number of methoxy groups -OCH3 is 1. The highest BCUT2D eigenvalue weighted by Gasteiger charge is 2.11. The maximum atomic E-state index is 10.6. The first-order chi connectivity index (χ1) is 12.5. The van der Waals surface area contributed by atoms with Crippen molar-refractivity contribution in [3.8, 4) is 11.5 Å². The zero-order valence-corrected chi connectivity index (χ0v) is 15.5. The van der Waals surface area contributed by atoms with Crippen molar-refractivity contribution < 1.29 is 14.4 Å². The summed E-state index contributed by atoms with van der Waals surface area (Å²) in [7, 11) is 1.56. The Hall–Kier alpha value is -2.51. The molecular weight excluding hydrogens is 358 g/mol. The minimum atomic E-state index is -0.415. The first-order valence-electron chi connectivity index (χ1n) is 8.23. The van der Waals surface area contributed by atoms with Gasteiger partial charge in [-0.15, -0.1) is 0 Å². The highest BCUT2D eigenvalue weighted by atomic mass is 35.5. The Bertz CT molecular complexity index is 738. The monoisotopic (exact) mass is 379 g/mol. The number of nitro benzene ring substituents is 1. The molecule has 0 atom stereocenters. The number of benzene rings is 2. The minimum Gasteiger partial charge on any atom is -0.491 e. The summed E-state index contributed by atoms with van der Waals surface area (Å²) in [5.74, 6) is 1.17. The van der Waals surface area contributed by atoms with Gasteiger partial charge >= 0.3 is 0 Å². The summed E-state index contributed by atoms with van der Waals surface area (Å²) < 4.78 is 10.8. The van der Waals surface area contributed by atoms with Gasteiger partial charge in [-0.25, -0.2) is 0 Å². The number of rotatable bonds is 10. The van der Waals surface area contributed by atoms with Crippen molar-refractivity contribution in [3.05, 3.63) is 57.1 Å². The van der Waals surface area contributed by atoms with E-state index < -0.39 is 4.92 Å². The van der Waals surface area contributed by atoms with Crippen molar-refractivity contribution in [1.29, 1.82) is 0 Å². The third-order valence-electron chi connectivity index (χ3n) is 3.61. The number of nitro groups is 1. The fourth-order valence-corrected chi connectivity index (χ4v) is 2.72. The first-order valence-corrected chi connectivity index (χ1v) is 8.61. The predicted molar refractivity (Wildman–Crippen MR) is 102 cm³/mol. The van der Waals surface area contributed by atoms with Crippen LogP contribution in [0.4, 0.5) is 11.4 Å². The fraction of sp³-hybridized carbons (Fsp3) is 0.333. The molecule has 26 heavy (non-hydrogen) atoms. The smallest absolute Gasteiger partial charge is 0.269 e. The normalized spacial score (nSPS) is 10.4. The number of nitrogens with one attached hydrogen (secondary N) is 2. The zero-order chi connectivity index (χ0) is 18.9. The zero-order valence-electron chi connectivity index (χ0n) is 14.8. The second-order valence-electron chi connectivity index (χ2n) is 5.45. The van der Waals surface area contributed by atoms with Crippen LogP contribution in [-0.4, -0.2) is 31.7 Å². The van der Waals surface area contributed by atoms with Gasteiger partial charge in [-0.05, 0) is 36.8 Å². The molecule has 0 fully saturated rings. The second kappa shape index (κ2) is 9.84. The van der Waals surface area contributed by atoms with Crippen molar-refractivity contribution in [2.75, 3.05) is 32.1 Å². The van der Waals surface area contributed by atoms with Crippen molar-refractivity contribution in [2.45, 2.75) is 13.5 Å². The average Bonchev–Trinajstić information content (AvgIpc) is 2.62. The van der Waals surface area contributed by atoms with E-state index in [0.29, 0.717) is 42.8 Å². The Morgan fingerprint density at radius 3 is 2.54 bits per heavy atom. The van der Waals surface area contributed by atoms with Crippen LogP contribution in [0.2, 0.25) is 5.02 Å². The van der Waals surface area contributed by atoms with Gasteiger partial charge in [0.25, 0.3) is 5.69 Å². The summed E-state index contributed by atoms with van der Waals surface area (Å²) in [5, 5.41) is 17.6. The Kier molecular flexibility index (Phi) is 7.50. The van der Waals surface area contributed by atoms with E-state index in [0.717, 1.165) is 11.3 Å². The molecule has 8 heteroatoms. The number of anilines is 1. The average molecular weight is 380 g/mol. The molecule has 0 amide bonds. The Morgan fingerprint density at radius 2 is 1.92 bits per heavy atom. The van der Waals surface area contributed by atoms with Gasteiger partial charge in [0.05, 0.1) is 23.7 Å². The molecule has 0 saturated heterocycles. The lowest BCUT2D eigenvalue weighted by molar-refractivity contribution is -0.384. The van der Waals surface area contributed by atoms with Gasteiger partial charge in [-0.1, -0.05) is 11.6 Å². The van der Waals surface area contributed by atoms with Crippen LogP contribution in [0.3, 0.4) is 0 Å². The van der Waals surface area contributed by atoms with Crippen LogP contribution in [0.1, 0.15) is 12.5 Å². The Labute approximate surface area is 157 Å². The number of non-ortho nitro benzene ring substituents is 1. The quantitative estimate of drug-likeness (QED) is 0.370. The molecule has 0 aromatic heterocycles. The van der Waals surface area contributed by atoms with E-state index in [1.54, 1.807) is 19.2 Å². The molecular formula is C18H22ClN3O4. The SMILES string of the molecule is CCOc1cc(CNCCNc2ccc([N+](=O)[O-])cc2)cc(Cl)c1OC. The van der Waals surface area contributed by atoms with Crippen LogP contribution >= 0.6 is 11.6 Å². The van der Waals surface area contributed by atoms with E-state index in [4.69, 9.17) is 21.1 Å². The number of hydrogen-bond donors (Lipinski definition) is 2. The fourth-order valence-electron chi connectivity index (χ4n) is 2.41. The molecule has 0 aliphatic carbocycles. The van der Waals surface area contributed by atoms with Gasteiger partial charge in [0, 0.05) is 37.5 Å². The van der Waals surface area contributed by atoms with Gasteiger partial charge in [0.1, 0.15) is 0 Å². The molecule has 0 saturated carbocycles. The topological polar surface area (TPSA) is 85.7 Å². The maximum Gasteiger partial charge on any atom is 0.269 e. The van der Waals surface area contributed by atoms with Gasteiger partial charge in [0.15, 0.2) is 11.5 Å². The van der Waals surface area contributed by atoms with Gasteiger partial charge in [-0.2, -0.15) is 0 Å². The summed E-state index contributed by atoms with van der Waals surface area (Å²) >= 11 is 6.23. The largest absolute Gasteiger partial charge is 0.491 e. The summed E-state index contributed by atoms with van der Waals surface area (Å²) in [6.45, 7) is 4.46. The highest BCUT2D eigenvalue weighted by molar-refractivity contribution is 6.32. The van der Waals surface area contributed by atoms with Crippen LogP contribution in [0.25, 0.3) is 0 Å². The van der Waals surface area contributed by atoms with E-state index in [-0.39, 0.29) is 5.69 Å². The van der Waals surface area contributed by atoms with Crippen molar-refractivity contribution >= 4 is 23.0 Å². The number of nitrogens with zero attached hydrogens (tertiary/aromatic N) is 1. The molecule has 0 unspecified atom stereocenters. The molecule has 140 valence electrons. The van der Waals surface area contributed by atoms with Gasteiger partial charge in [0.2, 0.25) is 0 Å². The summed E-state index contributed by atoms with van der Waals surface area (Å²) in [6.07, 6.45) is 0. The lowest BCUT2D eigenvalue weighted by Crippen LogP contribution is -2.21. The van der Waals surface area contributed by atoms with Gasteiger partial charge < -0.3 is 20.1 Å². The van der Waals surface area contributed by atoms with Crippen LogP contribution in [-0.2, 0) is 6.54 Å². The van der Waals surface area contributed by atoms with Crippen molar-refractivity contribution in [3.63, 3.8) is 0 Å². The second-order valence-corrected chi connectivity index (χ2v) is 5.86. The van der Waals surface area contributed by atoms with Crippen molar-refractivity contribution in [1.82, 2.24) is 5.32 Å². The molecule has 0 aliphatic heterocycles. The number of halogens is 1. The molecule has 0 heterocycles. The van der Waals surface area contributed by atoms with E-state index >= 15 is 0 Å². The van der Waals surface area contributed by atoms with Crippen LogP contribution < -0.4 is 20.1 Å². The molecule has 0 aliphatic rings. The molecule has 0 spiro atoms.